The fourth-order valence-electron chi connectivity index (χ4n) is 2.65. The number of carbonyl (C=O) groups excluding carboxylic acids is 1. The molecule has 5 heteroatoms. The van der Waals surface area contributed by atoms with Gasteiger partial charge in [0.25, 0.3) is 5.91 Å². The number of amides is 1. The van der Waals surface area contributed by atoms with Gasteiger partial charge in [0.1, 0.15) is 17.8 Å². The van der Waals surface area contributed by atoms with Gasteiger partial charge in [0.05, 0.1) is 12.8 Å². The van der Waals surface area contributed by atoms with E-state index < -0.39 is 0 Å². The van der Waals surface area contributed by atoms with Crippen LogP contribution in [-0.4, -0.2) is 40.6 Å². The zero-order chi connectivity index (χ0) is 14.8. The zero-order valence-electron chi connectivity index (χ0n) is 12.4. The Bertz CT molecular complexity index is 657. The molecule has 0 aliphatic carbocycles. The number of hydrogen-bond acceptors (Lipinski definition) is 3. The summed E-state index contributed by atoms with van der Waals surface area (Å²) in [4.78, 5) is 18.5. The Hall–Kier alpha value is -2.30. The van der Waals surface area contributed by atoms with Crippen molar-refractivity contribution >= 4 is 5.91 Å². The Kier molecular flexibility index (Phi) is 3.64. The van der Waals surface area contributed by atoms with E-state index in [1.807, 2.05) is 34.6 Å². The third-order valence-electron chi connectivity index (χ3n) is 3.81. The van der Waals surface area contributed by atoms with E-state index in [0.717, 1.165) is 42.9 Å². The maximum Gasteiger partial charge on any atom is 0.274 e. The van der Waals surface area contributed by atoms with Crippen molar-refractivity contribution in [3.8, 4) is 11.4 Å². The van der Waals surface area contributed by atoms with E-state index in [2.05, 4.69) is 4.98 Å². The fourth-order valence-corrected chi connectivity index (χ4v) is 2.65. The standard InChI is InChI=1S/C16H19N3O2/c1-12-5-6-15(21-2)14(9-12)19-10-13(17-11-19)16(20)18-7-3-4-8-18/h5-6,9-11H,3-4,7-8H2,1-2H3. The van der Waals surface area contributed by atoms with Crippen LogP contribution >= 0.6 is 0 Å². The highest BCUT2D eigenvalue weighted by molar-refractivity contribution is 5.92. The van der Waals surface area contributed by atoms with Crippen molar-refractivity contribution < 1.29 is 9.53 Å². The normalized spacial score (nSPS) is 14.5. The minimum Gasteiger partial charge on any atom is -0.495 e. The number of ether oxygens (including phenoxy) is 1. The third kappa shape index (κ3) is 2.63. The van der Waals surface area contributed by atoms with Crippen LogP contribution in [0.15, 0.2) is 30.7 Å². The highest BCUT2D eigenvalue weighted by Gasteiger charge is 2.21. The van der Waals surface area contributed by atoms with Gasteiger partial charge in [-0.25, -0.2) is 4.98 Å². The summed E-state index contributed by atoms with van der Waals surface area (Å²) in [6, 6.07) is 5.94. The van der Waals surface area contributed by atoms with Gasteiger partial charge in [0.2, 0.25) is 0 Å². The number of methoxy groups -OCH3 is 1. The maximum absolute atomic E-state index is 12.3. The molecule has 0 radical (unpaired) electrons. The van der Waals surface area contributed by atoms with Gasteiger partial charge < -0.3 is 14.2 Å². The molecule has 3 rings (SSSR count). The molecule has 1 fully saturated rings. The lowest BCUT2D eigenvalue weighted by Crippen LogP contribution is -2.27. The van der Waals surface area contributed by atoms with E-state index >= 15 is 0 Å². The number of hydrogen-bond donors (Lipinski definition) is 0. The SMILES string of the molecule is COc1ccc(C)cc1-n1cnc(C(=O)N2CCCC2)c1. The number of carbonyl (C=O) groups is 1. The van der Waals surface area contributed by atoms with Gasteiger partial charge in [-0.2, -0.15) is 0 Å². The van der Waals surface area contributed by atoms with Crippen molar-refractivity contribution in [3.05, 3.63) is 42.0 Å². The summed E-state index contributed by atoms with van der Waals surface area (Å²) in [5, 5.41) is 0. The van der Waals surface area contributed by atoms with Crippen LogP contribution < -0.4 is 4.74 Å². The molecular weight excluding hydrogens is 266 g/mol. The lowest BCUT2D eigenvalue weighted by molar-refractivity contribution is 0.0787. The van der Waals surface area contributed by atoms with Gasteiger partial charge in [-0.1, -0.05) is 6.07 Å². The van der Waals surface area contributed by atoms with E-state index in [0.29, 0.717) is 5.69 Å². The van der Waals surface area contributed by atoms with Crippen LogP contribution in [0, 0.1) is 6.92 Å². The largest absolute Gasteiger partial charge is 0.495 e. The highest BCUT2D eigenvalue weighted by Crippen LogP contribution is 2.24. The maximum atomic E-state index is 12.3. The molecule has 0 unspecified atom stereocenters. The lowest BCUT2D eigenvalue weighted by Gasteiger charge is -2.13. The monoisotopic (exact) mass is 285 g/mol. The second kappa shape index (κ2) is 5.60. The lowest BCUT2D eigenvalue weighted by atomic mass is 10.2. The number of aryl methyl sites for hydroxylation is 1. The molecule has 1 aliphatic rings. The first-order valence-electron chi connectivity index (χ1n) is 7.17. The quantitative estimate of drug-likeness (QED) is 0.870. The highest BCUT2D eigenvalue weighted by atomic mass is 16.5. The Morgan fingerprint density at radius 1 is 1.29 bits per heavy atom. The molecule has 1 saturated heterocycles. The summed E-state index contributed by atoms with van der Waals surface area (Å²) in [5.41, 5.74) is 2.51. The molecule has 0 atom stereocenters. The van der Waals surface area contributed by atoms with E-state index in [1.165, 1.54) is 0 Å². The molecule has 0 bridgehead atoms. The molecule has 110 valence electrons. The Morgan fingerprint density at radius 2 is 2.05 bits per heavy atom. The number of imidazole rings is 1. The number of benzene rings is 1. The van der Waals surface area contributed by atoms with Crippen LogP contribution in [0.4, 0.5) is 0 Å². The smallest absolute Gasteiger partial charge is 0.274 e. The zero-order valence-corrected chi connectivity index (χ0v) is 12.4. The van der Waals surface area contributed by atoms with Gasteiger partial charge in [-0.3, -0.25) is 4.79 Å². The predicted octanol–water partition coefficient (Wildman–Crippen LogP) is 2.43. The van der Waals surface area contributed by atoms with Gasteiger partial charge in [0, 0.05) is 19.3 Å². The summed E-state index contributed by atoms with van der Waals surface area (Å²) in [6.45, 7) is 3.69. The molecule has 1 aromatic heterocycles. The van der Waals surface area contributed by atoms with Crippen molar-refractivity contribution in [1.82, 2.24) is 14.5 Å². The second-order valence-electron chi connectivity index (χ2n) is 5.34. The summed E-state index contributed by atoms with van der Waals surface area (Å²) >= 11 is 0. The van der Waals surface area contributed by atoms with Crippen LogP contribution in [0.1, 0.15) is 28.9 Å². The molecule has 2 heterocycles. The van der Waals surface area contributed by atoms with Gasteiger partial charge >= 0.3 is 0 Å². The van der Waals surface area contributed by atoms with Crippen LogP contribution in [0.25, 0.3) is 5.69 Å². The molecule has 2 aromatic rings. The van der Waals surface area contributed by atoms with E-state index in [1.54, 1.807) is 19.6 Å². The van der Waals surface area contributed by atoms with Crippen LogP contribution in [0.2, 0.25) is 0 Å². The topological polar surface area (TPSA) is 47.4 Å². The molecule has 21 heavy (non-hydrogen) atoms. The summed E-state index contributed by atoms with van der Waals surface area (Å²) in [5.74, 6) is 0.774. The second-order valence-corrected chi connectivity index (χ2v) is 5.34. The van der Waals surface area contributed by atoms with E-state index in [4.69, 9.17) is 4.74 Å². The van der Waals surface area contributed by atoms with Crippen LogP contribution in [-0.2, 0) is 0 Å². The number of likely N-dealkylation sites (tertiary alicyclic amines) is 1. The third-order valence-corrected chi connectivity index (χ3v) is 3.81. The molecule has 0 spiro atoms. The number of nitrogens with zero attached hydrogens (tertiary/aromatic N) is 3. The van der Waals surface area contributed by atoms with Gasteiger partial charge in [-0.05, 0) is 37.5 Å². The predicted molar refractivity (Wildman–Crippen MR) is 80.0 cm³/mol. The Labute approximate surface area is 124 Å². The molecule has 1 aromatic carbocycles. The first-order valence-corrected chi connectivity index (χ1v) is 7.17. The number of aromatic nitrogens is 2. The molecule has 1 amide bonds. The van der Waals surface area contributed by atoms with Gasteiger partial charge in [-0.15, -0.1) is 0 Å². The van der Waals surface area contributed by atoms with Crippen molar-refractivity contribution in [2.24, 2.45) is 0 Å². The molecule has 0 N–H and O–H groups in total. The first-order chi connectivity index (χ1) is 10.2. The minimum atomic E-state index is 0.0119. The fraction of sp³-hybridized carbons (Fsp3) is 0.375. The average molecular weight is 285 g/mol. The average Bonchev–Trinajstić information content (AvgIpc) is 3.18. The first kappa shape index (κ1) is 13.7. The van der Waals surface area contributed by atoms with E-state index in [-0.39, 0.29) is 5.91 Å². The molecule has 1 aliphatic heterocycles. The van der Waals surface area contributed by atoms with Crippen molar-refractivity contribution in [2.75, 3.05) is 20.2 Å². The summed E-state index contributed by atoms with van der Waals surface area (Å²) in [7, 11) is 1.64. The summed E-state index contributed by atoms with van der Waals surface area (Å²) < 4.78 is 7.22. The van der Waals surface area contributed by atoms with Crippen LogP contribution in [0.5, 0.6) is 5.75 Å². The Balaban J connectivity index is 1.91. The molecular formula is C16H19N3O2. The van der Waals surface area contributed by atoms with Crippen molar-refractivity contribution in [2.45, 2.75) is 19.8 Å². The van der Waals surface area contributed by atoms with Crippen LogP contribution in [0.3, 0.4) is 0 Å². The van der Waals surface area contributed by atoms with Crippen molar-refractivity contribution in [1.29, 1.82) is 0 Å². The Morgan fingerprint density at radius 3 is 2.76 bits per heavy atom. The minimum absolute atomic E-state index is 0.0119. The molecule has 0 saturated carbocycles. The summed E-state index contributed by atoms with van der Waals surface area (Å²) in [6.07, 6.45) is 5.61. The van der Waals surface area contributed by atoms with E-state index in [9.17, 15) is 4.79 Å². The molecule has 5 nitrogen and oxygen atoms in total. The van der Waals surface area contributed by atoms with Crippen molar-refractivity contribution in [3.63, 3.8) is 0 Å². The number of rotatable bonds is 3. The van der Waals surface area contributed by atoms with Gasteiger partial charge in [0.15, 0.2) is 0 Å².